The third-order valence-corrected chi connectivity index (χ3v) is 8.33. The minimum atomic E-state index is -4.12. The Bertz CT molecular complexity index is 1310. The summed E-state index contributed by atoms with van der Waals surface area (Å²) >= 11 is 0. The molecule has 1 aliphatic heterocycles. The largest absolute Gasteiger partial charge is 0.507 e. The maximum Gasteiger partial charge on any atom is 0.253 e. The molecule has 1 N–H and O–H groups in total. The molecule has 0 bridgehead atoms. The minimum absolute atomic E-state index is 0.0545. The van der Waals surface area contributed by atoms with Crippen molar-refractivity contribution in [1.82, 2.24) is 9.80 Å². The van der Waals surface area contributed by atoms with E-state index in [1.807, 2.05) is 54.7 Å². The van der Waals surface area contributed by atoms with Gasteiger partial charge in [0.05, 0.1) is 4.90 Å². The standard InChI is InChI=1S/C29H37N3O4S/c1-28(2,3)24-17-20(18-25(26(24)33)29(4,5)6)16-23(19-30)37(35,36)22-10-8-21(9-11-22)27(34)32-14-12-31(7)13-15-32/h8-11,16-18,33H,12-15H2,1-7H3/b23-16-. The Morgan fingerprint density at radius 2 is 1.43 bits per heavy atom. The molecule has 1 amide bonds. The van der Waals surface area contributed by atoms with Gasteiger partial charge in [-0.1, -0.05) is 41.5 Å². The monoisotopic (exact) mass is 523 g/mol. The molecule has 1 fully saturated rings. The van der Waals surface area contributed by atoms with Gasteiger partial charge in [0.2, 0.25) is 9.84 Å². The molecule has 2 aromatic rings. The lowest BCUT2D eigenvalue weighted by Crippen LogP contribution is -2.47. The van der Waals surface area contributed by atoms with Gasteiger partial charge in [-0.15, -0.1) is 0 Å². The molecule has 0 atom stereocenters. The molecule has 1 saturated heterocycles. The summed E-state index contributed by atoms with van der Waals surface area (Å²) in [5.74, 6) is 0.0423. The zero-order valence-corrected chi connectivity index (χ0v) is 23.6. The van der Waals surface area contributed by atoms with Crippen LogP contribution in [0.25, 0.3) is 6.08 Å². The van der Waals surface area contributed by atoms with Gasteiger partial charge in [0, 0.05) is 42.9 Å². The number of nitrogens with zero attached hydrogens (tertiary/aromatic N) is 3. The number of carbonyl (C=O) groups is 1. The number of sulfone groups is 1. The summed E-state index contributed by atoms with van der Waals surface area (Å²) in [6.45, 7) is 14.6. The first-order valence-corrected chi connectivity index (χ1v) is 13.9. The Morgan fingerprint density at radius 1 is 0.946 bits per heavy atom. The second kappa shape index (κ2) is 10.3. The highest BCUT2D eigenvalue weighted by atomic mass is 32.2. The number of hydrogen-bond donors (Lipinski definition) is 1. The van der Waals surface area contributed by atoms with E-state index in [1.165, 1.54) is 30.3 Å². The van der Waals surface area contributed by atoms with Crippen LogP contribution in [0.1, 0.15) is 68.6 Å². The lowest BCUT2D eigenvalue weighted by atomic mass is 9.78. The topological polar surface area (TPSA) is 102 Å². The Morgan fingerprint density at radius 3 is 1.86 bits per heavy atom. The molecule has 0 aliphatic carbocycles. The molecular weight excluding hydrogens is 486 g/mol. The van der Waals surface area contributed by atoms with E-state index >= 15 is 0 Å². The minimum Gasteiger partial charge on any atom is -0.507 e. The van der Waals surface area contributed by atoms with Crippen LogP contribution < -0.4 is 0 Å². The highest BCUT2D eigenvalue weighted by Gasteiger charge is 2.28. The predicted molar refractivity (Wildman–Crippen MR) is 146 cm³/mol. The fourth-order valence-electron chi connectivity index (χ4n) is 4.30. The Labute approximate surface area is 220 Å². The number of aromatic hydroxyl groups is 1. The first-order chi connectivity index (χ1) is 17.1. The number of carbonyl (C=O) groups excluding carboxylic acids is 1. The second-order valence-corrected chi connectivity index (χ2v) is 13.6. The number of nitriles is 1. The Balaban J connectivity index is 1.99. The molecule has 0 aromatic heterocycles. The highest BCUT2D eigenvalue weighted by molar-refractivity contribution is 7.95. The third-order valence-electron chi connectivity index (χ3n) is 6.65. The molecule has 198 valence electrons. The molecular formula is C29H37N3O4S. The van der Waals surface area contributed by atoms with Gasteiger partial charge in [-0.2, -0.15) is 5.26 Å². The van der Waals surface area contributed by atoms with Gasteiger partial charge in [0.15, 0.2) is 0 Å². The maximum absolute atomic E-state index is 13.4. The number of hydrogen-bond acceptors (Lipinski definition) is 6. The van der Waals surface area contributed by atoms with Gasteiger partial charge in [-0.3, -0.25) is 4.79 Å². The lowest BCUT2D eigenvalue weighted by molar-refractivity contribution is 0.0664. The van der Waals surface area contributed by atoms with E-state index in [-0.39, 0.29) is 16.6 Å². The Kier molecular flexibility index (Phi) is 7.92. The van der Waals surface area contributed by atoms with Crippen molar-refractivity contribution < 1.29 is 18.3 Å². The fourth-order valence-corrected chi connectivity index (χ4v) is 5.46. The van der Waals surface area contributed by atoms with Gasteiger partial charge >= 0.3 is 0 Å². The average Bonchev–Trinajstić information content (AvgIpc) is 2.81. The van der Waals surface area contributed by atoms with Crippen molar-refractivity contribution in [2.24, 2.45) is 0 Å². The number of benzene rings is 2. The number of rotatable bonds is 4. The number of likely N-dealkylation sites (N-methyl/N-ethyl adjacent to an activating group) is 1. The summed E-state index contributed by atoms with van der Waals surface area (Å²) in [5.41, 5.74) is 1.49. The van der Waals surface area contributed by atoms with E-state index in [9.17, 15) is 23.6 Å². The van der Waals surface area contributed by atoms with Gasteiger partial charge in [-0.25, -0.2) is 8.42 Å². The quantitative estimate of drug-likeness (QED) is 0.582. The van der Waals surface area contributed by atoms with E-state index in [4.69, 9.17) is 0 Å². The highest BCUT2D eigenvalue weighted by Crippen LogP contribution is 2.40. The van der Waals surface area contributed by atoms with Gasteiger partial charge in [-0.05, 0) is 65.9 Å². The van der Waals surface area contributed by atoms with Crippen LogP contribution in [0.15, 0.2) is 46.2 Å². The van der Waals surface area contributed by atoms with Crippen molar-refractivity contribution in [1.29, 1.82) is 5.26 Å². The van der Waals surface area contributed by atoms with Crippen LogP contribution in [0.5, 0.6) is 5.75 Å². The number of amides is 1. The first kappa shape index (κ1) is 28.4. The van der Waals surface area contributed by atoms with Gasteiger partial charge < -0.3 is 14.9 Å². The molecule has 0 unspecified atom stereocenters. The van der Waals surface area contributed by atoms with Crippen LogP contribution >= 0.6 is 0 Å². The molecule has 1 aliphatic rings. The SMILES string of the molecule is CN1CCN(C(=O)c2ccc(S(=O)(=O)/C(C#N)=C\c3cc(C(C)(C)C)c(O)c(C(C)(C)C)c3)cc2)CC1. The van der Waals surface area contributed by atoms with Gasteiger partial charge in [0.25, 0.3) is 5.91 Å². The van der Waals surface area contributed by atoms with Crippen molar-refractivity contribution in [2.75, 3.05) is 33.2 Å². The van der Waals surface area contributed by atoms with Crippen LogP contribution in [-0.4, -0.2) is 62.5 Å². The first-order valence-electron chi connectivity index (χ1n) is 12.4. The van der Waals surface area contributed by atoms with Crippen LogP contribution in [0.2, 0.25) is 0 Å². The molecule has 0 spiro atoms. The van der Waals surface area contributed by atoms with Crippen molar-refractivity contribution in [2.45, 2.75) is 57.3 Å². The second-order valence-electron chi connectivity index (χ2n) is 11.7. The molecule has 2 aromatic carbocycles. The molecule has 0 radical (unpaired) electrons. The number of piperazine rings is 1. The summed E-state index contributed by atoms with van der Waals surface area (Å²) < 4.78 is 26.8. The van der Waals surface area contributed by atoms with E-state index in [2.05, 4.69) is 4.90 Å². The van der Waals surface area contributed by atoms with Crippen molar-refractivity contribution in [3.05, 3.63) is 63.6 Å². The summed E-state index contributed by atoms with van der Waals surface area (Å²) in [4.78, 5) is 16.3. The predicted octanol–water partition coefficient (Wildman–Crippen LogP) is 4.71. The van der Waals surface area contributed by atoms with E-state index in [1.54, 1.807) is 17.0 Å². The molecule has 3 rings (SSSR count). The van der Waals surface area contributed by atoms with Gasteiger partial charge in [0.1, 0.15) is 16.7 Å². The zero-order chi connectivity index (χ0) is 27.8. The van der Waals surface area contributed by atoms with E-state index < -0.39 is 25.6 Å². The third kappa shape index (κ3) is 6.23. The summed E-state index contributed by atoms with van der Waals surface area (Å²) in [6, 6.07) is 11.1. The smallest absolute Gasteiger partial charge is 0.253 e. The zero-order valence-electron chi connectivity index (χ0n) is 22.8. The van der Waals surface area contributed by atoms with E-state index in [0.29, 0.717) is 35.3 Å². The fraction of sp³-hybridized carbons (Fsp3) is 0.448. The van der Waals surface area contributed by atoms with Crippen molar-refractivity contribution in [3.63, 3.8) is 0 Å². The van der Waals surface area contributed by atoms with Crippen LogP contribution in [0.3, 0.4) is 0 Å². The van der Waals surface area contributed by atoms with Crippen LogP contribution in [-0.2, 0) is 20.7 Å². The average molecular weight is 524 g/mol. The molecule has 0 saturated carbocycles. The van der Waals surface area contributed by atoms with Crippen molar-refractivity contribution in [3.8, 4) is 11.8 Å². The summed E-state index contributed by atoms with van der Waals surface area (Å²) in [6.07, 6.45) is 1.35. The Hall–Kier alpha value is -3.15. The molecule has 37 heavy (non-hydrogen) atoms. The lowest BCUT2D eigenvalue weighted by Gasteiger charge is -2.32. The summed E-state index contributed by atoms with van der Waals surface area (Å²) in [5, 5.41) is 20.8. The summed E-state index contributed by atoms with van der Waals surface area (Å²) in [7, 11) is -2.12. The molecule has 1 heterocycles. The molecule has 8 heteroatoms. The van der Waals surface area contributed by atoms with Crippen molar-refractivity contribution >= 4 is 21.8 Å². The number of phenolic OH excluding ortho intramolecular Hbond substituents is 1. The molecule has 7 nitrogen and oxygen atoms in total. The van der Waals surface area contributed by atoms with Crippen LogP contribution in [0.4, 0.5) is 0 Å². The van der Waals surface area contributed by atoms with Crippen LogP contribution in [0, 0.1) is 11.3 Å². The maximum atomic E-state index is 13.4. The normalized spacial score (nSPS) is 15.9. The number of phenols is 1. The van der Waals surface area contributed by atoms with E-state index in [0.717, 1.165) is 13.1 Å². The number of allylic oxidation sites excluding steroid dienone is 1.